The van der Waals surface area contributed by atoms with E-state index in [9.17, 15) is 9.90 Å². The summed E-state index contributed by atoms with van der Waals surface area (Å²) in [5.41, 5.74) is 0. The molecule has 5 nitrogen and oxygen atoms in total. The van der Waals surface area contributed by atoms with E-state index in [-0.39, 0.29) is 17.9 Å². The van der Waals surface area contributed by atoms with E-state index in [2.05, 4.69) is 5.32 Å². The van der Waals surface area contributed by atoms with Crippen LogP contribution in [0.1, 0.15) is 12.8 Å². The molecule has 0 aliphatic carbocycles. The van der Waals surface area contributed by atoms with Gasteiger partial charge < -0.3 is 20.1 Å². The first kappa shape index (κ1) is 11.8. The number of likely N-dealkylation sites (tertiary alicyclic amines) is 1. The van der Waals surface area contributed by atoms with E-state index in [4.69, 9.17) is 4.74 Å². The molecule has 92 valence electrons. The standard InChI is InChI=1S/C11H20N2O3/c1-16-10-7-13(6-9(10)14)11(15)8-2-4-12-5-3-8/h8-10,12,14H,2-7H2,1H3. The SMILES string of the molecule is COC1CN(C(=O)C2CCNCC2)CC1O. The molecule has 2 unspecified atom stereocenters. The van der Waals surface area contributed by atoms with E-state index in [0.29, 0.717) is 13.1 Å². The van der Waals surface area contributed by atoms with Crippen LogP contribution in [-0.2, 0) is 9.53 Å². The van der Waals surface area contributed by atoms with Gasteiger partial charge in [-0.1, -0.05) is 0 Å². The fraction of sp³-hybridized carbons (Fsp3) is 0.909. The lowest BCUT2D eigenvalue weighted by atomic mass is 9.97. The van der Waals surface area contributed by atoms with Crippen LogP contribution < -0.4 is 5.32 Å². The molecule has 0 saturated carbocycles. The lowest BCUT2D eigenvalue weighted by Crippen LogP contribution is -2.40. The molecule has 2 fully saturated rings. The number of hydrogen-bond donors (Lipinski definition) is 2. The van der Waals surface area contributed by atoms with E-state index in [1.807, 2.05) is 0 Å². The molecule has 2 N–H and O–H groups in total. The van der Waals surface area contributed by atoms with E-state index in [1.54, 1.807) is 12.0 Å². The summed E-state index contributed by atoms with van der Waals surface area (Å²) in [6.07, 6.45) is 1.06. The van der Waals surface area contributed by atoms with Crippen LogP contribution in [0.4, 0.5) is 0 Å². The molecule has 0 bridgehead atoms. The number of piperidine rings is 1. The van der Waals surface area contributed by atoms with Gasteiger partial charge in [0.1, 0.15) is 6.10 Å². The van der Waals surface area contributed by atoms with Crippen LogP contribution in [0.2, 0.25) is 0 Å². The third-order valence-corrected chi connectivity index (χ3v) is 3.54. The second kappa shape index (κ2) is 5.12. The molecule has 1 amide bonds. The van der Waals surface area contributed by atoms with Crippen molar-refractivity contribution in [3.8, 4) is 0 Å². The molecule has 0 spiro atoms. The second-order valence-corrected chi connectivity index (χ2v) is 4.61. The van der Waals surface area contributed by atoms with Gasteiger partial charge in [-0.3, -0.25) is 4.79 Å². The number of amides is 1. The smallest absolute Gasteiger partial charge is 0.225 e. The zero-order valence-electron chi connectivity index (χ0n) is 9.69. The minimum atomic E-state index is -0.532. The van der Waals surface area contributed by atoms with Gasteiger partial charge in [-0.15, -0.1) is 0 Å². The molecule has 5 heteroatoms. The van der Waals surface area contributed by atoms with Gasteiger partial charge in [0.15, 0.2) is 0 Å². The molecule has 0 aromatic rings. The zero-order valence-corrected chi connectivity index (χ0v) is 9.69. The van der Waals surface area contributed by atoms with E-state index >= 15 is 0 Å². The highest BCUT2D eigenvalue weighted by Gasteiger charge is 2.36. The molecule has 2 aliphatic heterocycles. The highest BCUT2D eigenvalue weighted by atomic mass is 16.5. The van der Waals surface area contributed by atoms with Crippen molar-refractivity contribution in [2.45, 2.75) is 25.0 Å². The number of ether oxygens (including phenoxy) is 1. The summed E-state index contributed by atoms with van der Waals surface area (Å²) < 4.78 is 5.13. The van der Waals surface area contributed by atoms with Gasteiger partial charge in [0.2, 0.25) is 5.91 Å². The van der Waals surface area contributed by atoms with Crippen LogP contribution in [0.25, 0.3) is 0 Å². The Labute approximate surface area is 95.8 Å². The number of β-amino-alcohol motifs (C(OH)–C–C–N with tert-alkyl or cyclic N) is 1. The fourth-order valence-electron chi connectivity index (χ4n) is 2.50. The Kier molecular flexibility index (Phi) is 3.78. The topological polar surface area (TPSA) is 61.8 Å². The van der Waals surface area contributed by atoms with Crippen LogP contribution in [0.15, 0.2) is 0 Å². The summed E-state index contributed by atoms with van der Waals surface area (Å²) in [4.78, 5) is 13.9. The van der Waals surface area contributed by atoms with Gasteiger partial charge in [-0.05, 0) is 25.9 Å². The number of hydrogen-bond acceptors (Lipinski definition) is 4. The second-order valence-electron chi connectivity index (χ2n) is 4.61. The van der Waals surface area contributed by atoms with Crippen molar-refractivity contribution < 1.29 is 14.6 Å². The maximum Gasteiger partial charge on any atom is 0.225 e. The molecule has 2 aliphatic rings. The third-order valence-electron chi connectivity index (χ3n) is 3.54. The molecular formula is C11H20N2O3. The summed E-state index contributed by atoms with van der Waals surface area (Å²) in [5.74, 6) is 0.309. The van der Waals surface area contributed by atoms with Crippen molar-refractivity contribution in [3.05, 3.63) is 0 Å². The average molecular weight is 228 g/mol. The molecule has 2 saturated heterocycles. The summed E-state index contributed by atoms with van der Waals surface area (Å²) in [5, 5.41) is 12.9. The van der Waals surface area contributed by atoms with Gasteiger partial charge in [-0.25, -0.2) is 0 Å². The number of rotatable bonds is 2. The quantitative estimate of drug-likeness (QED) is 0.650. The van der Waals surface area contributed by atoms with Crippen molar-refractivity contribution >= 4 is 5.91 Å². The van der Waals surface area contributed by atoms with Gasteiger partial charge in [0.25, 0.3) is 0 Å². The van der Waals surface area contributed by atoms with Crippen LogP contribution in [0.5, 0.6) is 0 Å². The average Bonchev–Trinajstić information content (AvgIpc) is 2.71. The lowest BCUT2D eigenvalue weighted by Gasteiger charge is -2.26. The number of aliphatic hydroxyl groups excluding tert-OH is 1. The summed E-state index contributed by atoms with van der Waals surface area (Å²) in [6.45, 7) is 2.78. The molecule has 0 aromatic carbocycles. The predicted octanol–water partition coefficient (Wildman–Crippen LogP) is -0.796. The Hall–Kier alpha value is -0.650. The monoisotopic (exact) mass is 228 g/mol. The molecule has 16 heavy (non-hydrogen) atoms. The Morgan fingerprint density at radius 3 is 2.62 bits per heavy atom. The highest BCUT2D eigenvalue weighted by molar-refractivity contribution is 5.79. The molecular weight excluding hydrogens is 208 g/mol. The number of nitrogens with zero attached hydrogens (tertiary/aromatic N) is 1. The van der Waals surface area contributed by atoms with Crippen LogP contribution in [-0.4, -0.2) is 61.4 Å². The third kappa shape index (κ3) is 2.36. The van der Waals surface area contributed by atoms with E-state index in [1.165, 1.54) is 0 Å². The Bertz CT molecular complexity index is 254. The van der Waals surface area contributed by atoms with Crippen molar-refractivity contribution in [1.29, 1.82) is 0 Å². The molecule has 0 aromatic heterocycles. The summed E-state index contributed by atoms with van der Waals surface area (Å²) >= 11 is 0. The molecule has 2 rings (SSSR count). The molecule has 2 heterocycles. The highest BCUT2D eigenvalue weighted by Crippen LogP contribution is 2.20. The first-order valence-corrected chi connectivity index (χ1v) is 5.92. The van der Waals surface area contributed by atoms with Crippen molar-refractivity contribution in [3.63, 3.8) is 0 Å². The number of nitrogens with one attached hydrogen (secondary N) is 1. The van der Waals surface area contributed by atoms with Crippen molar-refractivity contribution in [2.24, 2.45) is 5.92 Å². The Morgan fingerprint density at radius 1 is 1.38 bits per heavy atom. The Balaban J connectivity index is 1.90. The maximum absolute atomic E-state index is 12.1. The van der Waals surface area contributed by atoms with Gasteiger partial charge in [0, 0.05) is 26.1 Å². The minimum Gasteiger partial charge on any atom is -0.388 e. The van der Waals surface area contributed by atoms with Gasteiger partial charge in [-0.2, -0.15) is 0 Å². The predicted molar refractivity (Wildman–Crippen MR) is 59.0 cm³/mol. The number of aliphatic hydroxyl groups is 1. The van der Waals surface area contributed by atoms with Gasteiger partial charge in [0.05, 0.1) is 6.10 Å². The first-order chi connectivity index (χ1) is 7.72. The first-order valence-electron chi connectivity index (χ1n) is 5.92. The zero-order chi connectivity index (χ0) is 11.5. The number of carbonyl (C=O) groups is 1. The van der Waals surface area contributed by atoms with Crippen LogP contribution in [0, 0.1) is 5.92 Å². The van der Waals surface area contributed by atoms with Gasteiger partial charge >= 0.3 is 0 Å². The number of methoxy groups -OCH3 is 1. The molecule has 2 atom stereocenters. The fourth-order valence-corrected chi connectivity index (χ4v) is 2.50. The number of carbonyl (C=O) groups excluding carboxylic acids is 1. The molecule has 0 radical (unpaired) electrons. The Morgan fingerprint density at radius 2 is 2.06 bits per heavy atom. The summed E-state index contributed by atoms with van der Waals surface area (Å²) in [6, 6.07) is 0. The minimum absolute atomic E-state index is 0.129. The normalized spacial score (nSPS) is 32.0. The van der Waals surface area contributed by atoms with Crippen LogP contribution in [0.3, 0.4) is 0 Å². The van der Waals surface area contributed by atoms with Crippen molar-refractivity contribution in [2.75, 3.05) is 33.3 Å². The maximum atomic E-state index is 12.1. The largest absolute Gasteiger partial charge is 0.388 e. The lowest BCUT2D eigenvalue weighted by molar-refractivity contribution is -0.135. The summed E-state index contributed by atoms with van der Waals surface area (Å²) in [7, 11) is 1.58. The van der Waals surface area contributed by atoms with E-state index in [0.717, 1.165) is 25.9 Å². The van der Waals surface area contributed by atoms with Crippen molar-refractivity contribution in [1.82, 2.24) is 10.2 Å². The van der Waals surface area contributed by atoms with Crippen LogP contribution >= 0.6 is 0 Å². The van der Waals surface area contributed by atoms with E-state index < -0.39 is 6.10 Å².